The van der Waals surface area contributed by atoms with Gasteiger partial charge in [0.1, 0.15) is 5.75 Å². The van der Waals surface area contributed by atoms with E-state index in [2.05, 4.69) is 39.7 Å². The molecule has 8 heteroatoms. The number of anilines is 1. The third-order valence-electron chi connectivity index (χ3n) is 6.40. The molecule has 1 aliphatic heterocycles. The van der Waals surface area contributed by atoms with Crippen molar-refractivity contribution in [3.8, 4) is 11.4 Å². The molecule has 2 atom stereocenters. The van der Waals surface area contributed by atoms with Crippen LogP contribution in [-0.2, 0) is 0 Å². The molecule has 178 valence electrons. The Morgan fingerprint density at radius 3 is 2.46 bits per heavy atom. The fraction of sp³-hybridized carbons (Fsp3) is 0.185. The summed E-state index contributed by atoms with van der Waals surface area (Å²) in [5, 5.41) is 5.17. The van der Waals surface area contributed by atoms with Crippen LogP contribution >= 0.6 is 35.4 Å². The molecule has 0 radical (unpaired) electrons. The van der Waals surface area contributed by atoms with Crippen LogP contribution in [-0.4, -0.2) is 21.8 Å². The highest BCUT2D eigenvalue weighted by Gasteiger charge is 2.43. The van der Waals surface area contributed by atoms with E-state index in [9.17, 15) is 0 Å². The van der Waals surface area contributed by atoms with Crippen LogP contribution in [0, 0.1) is 13.8 Å². The van der Waals surface area contributed by atoms with Crippen molar-refractivity contribution < 1.29 is 4.74 Å². The SMILES string of the molecule is COc1ccccc1N1C(=S)NC(c2ccccn2)C1c1cc(C)n(-c2cccc(Cl)c2Cl)c1C. The van der Waals surface area contributed by atoms with E-state index in [4.69, 9.17) is 40.2 Å². The van der Waals surface area contributed by atoms with Crippen LogP contribution in [0.3, 0.4) is 0 Å². The van der Waals surface area contributed by atoms with Gasteiger partial charge in [0, 0.05) is 17.6 Å². The molecule has 0 amide bonds. The molecule has 1 saturated heterocycles. The lowest BCUT2D eigenvalue weighted by Crippen LogP contribution is -2.30. The molecule has 4 aromatic rings. The zero-order valence-corrected chi connectivity index (χ0v) is 21.8. The Kier molecular flexibility index (Phi) is 6.45. The van der Waals surface area contributed by atoms with Gasteiger partial charge in [0.05, 0.1) is 46.3 Å². The van der Waals surface area contributed by atoms with Crippen LogP contribution < -0.4 is 15.0 Å². The molecule has 0 bridgehead atoms. The number of hydrogen-bond acceptors (Lipinski definition) is 3. The van der Waals surface area contributed by atoms with E-state index in [1.54, 1.807) is 19.4 Å². The molecule has 0 spiro atoms. The van der Waals surface area contributed by atoms with Gasteiger partial charge in [-0.2, -0.15) is 0 Å². The summed E-state index contributed by atoms with van der Waals surface area (Å²) < 4.78 is 7.85. The topological polar surface area (TPSA) is 42.3 Å². The molecule has 3 heterocycles. The number of nitrogens with one attached hydrogen (secondary N) is 1. The number of hydrogen-bond donors (Lipinski definition) is 1. The van der Waals surface area contributed by atoms with Crippen LogP contribution in [0.4, 0.5) is 5.69 Å². The first-order valence-electron chi connectivity index (χ1n) is 11.2. The summed E-state index contributed by atoms with van der Waals surface area (Å²) in [6.07, 6.45) is 1.80. The van der Waals surface area contributed by atoms with Crippen LogP contribution in [0.1, 0.15) is 34.7 Å². The van der Waals surface area contributed by atoms with Gasteiger partial charge in [-0.05, 0) is 74.1 Å². The number of methoxy groups -OCH3 is 1. The van der Waals surface area contributed by atoms with Crippen molar-refractivity contribution >= 4 is 46.2 Å². The maximum absolute atomic E-state index is 6.63. The molecule has 2 aromatic carbocycles. The third-order valence-corrected chi connectivity index (χ3v) is 7.53. The average Bonchev–Trinajstić information content (AvgIpc) is 3.36. The minimum atomic E-state index is -0.174. The lowest BCUT2D eigenvalue weighted by molar-refractivity contribution is 0.414. The fourth-order valence-electron chi connectivity index (χ4n) is 4.88. The minimum Gasteiger partial charge on any atom is -0.495 e. The Morgan fingerprint density at radius 2 is 1.71 bits per heavy atom. The van der Waals surface area contributed by atoms with Gasteiger partial charge in [-0.15, -0.1) is 0 Å². The van der Waals surface area contributed by atoms with E-state index in [1.807, 2.05) is 54.6 Å². The molecular weight excluding hydrogens is 499 g/mol. The Balaban J connectivity index is 1.72. The largest absolute Gasteiger partial charge is 0.495 e. The number of ether oxygens (including phenoxy) is 1. The van der Waals surface area contributed by atoms with Crippen molar-refractivity contribution in [3.05, 3.63) is 106 Å². The van der Waals surface area contributed by atoms with E-state index >= 15 is 0 Å². The smallest absolute Gasteiger partial charge is 0.174 e. The lowest BCUT2D eigenvalue weighted by atomic mass is 9.96. The highest BCUT2D eigenvalue weighted by Crippen LogP contribution is 2.46. The van der Waals surface area contributed by atoms with Crippen molar-refractivity contribution in [2.45, 2.75) is 25.9 Å². The molecule has 5 nitrogen and oxygen atoms in total. The van der Waals surface area contributed by atoms with E-state index < -0.39 is 0 Å². The van der Waals surface area contributed by atoms with Gasteiger partial charge in [0.15, 0.2) is 5.11 Å². The van der Waals surface area contributed by atoms with Crippen molar-refractivity contribution in [1.82, 2.24) is 14.9 Å². The molecule has 5 rings (SSSR count). The van der Waals surface area contributed by atoms with Crippen LogP contribution in [0.5, 0.6) is 5.75 Å². The number of benzene rings is 2. The van der Waals surface area contributed by atoms with E-state index in [1.165, 1.54) is 0 Å². The van der Waals surface area contributed by atoms with Crippen molar-refractivity contribution in [3.63, 3.8) is 0 Å². The number of nitrogens with zero attached hydrogens (tertiary/aromatic N) is 3. The molecule has 1 N–H and O–H groups in total. The molecule has 35 heavy (non-hydrogen) atoms. The molecular formula is C27H24Cl2N4OS. The van der Waals surface area contributed by atoms with Crippen molar-refractivity contribution in [2.24, 2.45) is 0 Å². The van der Waals surface area contributed by atoms with Gasteiger partial charge in [-0.1, -0.05) is 47.5 Å². The number of para-hydroxylation sites is 2. The number of thiocarbonyl (C=S) groups is 1. The van der Waals surface area contributed by atoms with E-state index in [0.717, 1.165) is 39.8 Å². The number of aryl methyl sites for hydroxylation is 1. The van der Waals surface area contributed by atoms with Gasteiger partial charge in [-0.3, -0.25) is 4.98 Å². The summed E-state index contributed by atoms with van der Waals surface area (Å²) >= 11 is 18.9. The van der Waals surface area contributed by atoms with Crippen molar-refractivity contribution in [1.29, 1.82) is 0 Å². The molecule has 2 aromatic heterocycles. The van der Waals surface area contributed by atoms with Crippen LogP contribution in [0.2, 0.25) is 10.0 Å². The van der Waals surface area contributed by atoms with Gasteiger partial charge >= 0.3 is 0 Å². The predicted molar refractivity (Wildman–Crippen MR) is 146 cm³/mol. The van der Waals surface area contributed by atoms with Crippen LogP contribution in [0.15, 0.2) is 72.9 Å². The molecule has 0 saturated carbocycles. The first kappa shape index (κ1) is 23.7. The summed E-state index contributed by atoms with van der Waals surface area (Å²) in [6.45, 7) is 4.16. The quantitative estimate of drug-likeness (QED) is 0.286. The molecule has 2 unspecified atom stereocenters. The Hall–Kier alpha value is -3.06. The highest BCUT2D eigenvalue weighted by atomic mass is 35.5. The Morgan fingerprint density at radius 1 is 0.971 bits per heavy atom. The zero-order valence-electron chi connectivity index (χ0n) is 19.5. The van der Waals surface area contributed by atoms with E-state index in [-0.39, 0.29) is 12.1 Å². The first-order chi connectivity index (χ1) is 16.9. The zero-order chi connectivity index (χ0) is 24.7. The summed E-state index contributed by atoms with van der Waals surface area (Å²) in [5.41, 5.74) is 5.83. The second kappa shape index (κ2) is 9.53. The summed E-state index contributed by atoms with van der Waals surface area (Å²) in [6, 6.07) is 21.3. The number of aromatic nitrogens is 2. The normalized spacial score (nSPS) is 17.5. The van der Waals surface area contributed by atoms with Gasteiger partial charge in [0.25, 0.3) is 0 Å². The number of halogens is 2. The van der Waals surface area contributed by atoms with Crippen LogP contribution in [0.25, 0.3) is 5.69 Å². The average molecular weight is 523 g/mol. The van der Waals surface area contributed by atoms with Gasteiger partial charge < -0.3 is 19.5 Å². The second-order valence-electron chi connectivity index (χ2n) is 8.40. The summed E-state index contributed by atoms with van der Waals surface area (Å²) in [7, 11) is 1.67. The highest BCUT2D eigenvalue weighted by molar-refractivity contribution is 7.80. The monoisotopic (exact) mass is 522 g/mol. The maximum atomic E-state index is 6.63. The second-order valence-corrected chi connectivity index (χ2v) is 9.58. The summed E-state index contributed by atoms with van der Waals surface area (Å²) in [4.78, 5) is 6.78. The van der Waals surface area contributed by atoms with Gasteiger partial charge in [-0.25, -0.2) is 0 Å². The maximum Gasteiger partial charge on any atom is 0.174 e. The predicted octanol–water partition coefficient (Wildman–Crippen LogP) is 6.98. The number of rotatable bonds is 5. The lowest BCUT2D eigenvalue weighted by Gasteiger charge is -2.29. The summed E-state index contributed by atoms with van der Waals surface area (Å²) in [5.74, 6) is 0.745. The van der Waals surface area contributed by atoms with Crippen molar-refractivity contribution in [2.75, 3.05) is 12.0 Å². The Bertz CT molecular complexity index is 1410. The van der Waals surface area contributed by atoms with Gasteiger partial charge in [0.2, 0.25) is 0 Å². The van der Waals surface area contributed by atoms with E-state index in [0.29, 0.717) is 15.2 Å². The fourth-order valence-corrected chi connectivity index (χ4v) is 5.60. The standard InChI is InChI=1S/C27H24Cl2N4OS/c1-16-15-18(17(2)32(16)22-12-8-9-19(28)24(22)29)26-25(20-10-6-7-14-30-20)31-27(35)33(26)21-11-4-5-13-23(21)34-3/h4-15,25-26H,1-3H3,(H,31,35). The minimum absolute atomic E-state index is 0.169. The Labute approximate surface area is 220 Å². The molecule has 1 aliphatic rings. The third kappa shape index (κ3) is 4.05. The number of pyridine rings is 1. The first-order valence-corrected chi connectivity index (χ1v) is 12.4. The molecule has 1 fully saturated rings. The molecule has 0 aliphatic carbocycles.